The molecule has 0 aromatic heterocycles. The molecule has 0 spiro atoms. The van der Waals surface area contributed by atoms with Gasteiger partial charge in [-0.25, -0.2) is 9.38 Å². The summed E-state index contributed by atoms with van der Waals surface area (Å²) >= 11 is 0. The SMILES string of the molecule is C#CCNC(=NCc1ccc(N2CCOCC2)c(F)c1)NCC. The van der Waals surface area contributed by atoms with Crippen LogP contribution in [0.25, 0.3) is 0 Å². The number of hydrogen-bond donors (Lipinski definition) is 2. The van der Waals surface area contributed by atoms with E-state index in [4.69, 9.17) is 11.2 Å². The highest BCUT2D eigenvalue weighted by atomic mass is 19.1. The fourth-order valence-electron chi connectivity index (χ4n) is 2.36. The van der Waals surface area contributed by atoms with E-state index in [1.807, 2.05) is 24.0 Å². The van der Waals surface area contributed by atoms with Gasteiger partial charge in [0.15, 0.2) is 5.96 Å². The molecular weight excluding hydrogens is 295 g/mol. The number of nitrogens with zero attached hydrogens (tertiary/aromatic N) is 2. The normalized spacial score (nSPS) is 15.2. The van der Waals surface area contributed by atoms with Crippen LogP contribution in [0.4, 0.5) is 10.1 Å². The molecule has 1 saturated heterocycles. The smallest absolute Gasteiger partial charge is 0.192 e. The maximum absolute atomic E-state index is 14.3. The maximum Gasteiger partial charge on any atom is 0.192 e. The number of halogens is 1. The van der Waals surface area contributed by atoms with Crippen molar-refractivity contribution in [3.63, 3.8) is 0 Å². The number of ether oxygens (including phenoxy) is 1. The number of morpholine rings is 1. The molecule has 0 saturated carbocycles. The summed E-state index contributed by atoms with van der Waals surface area (Å²) in [5, 5.41) is 6.10. The summed E-state index contributed by atoms with van der Waals surface area (Å²) in [6.07, 6.45) is 5.23. The molecule has 0 aliphatic carbocycles. The highest BCUT2D eigenvalue weighted by Gasteiger charge is 2.15. The Morgan fingerprint density at radius 1 is 1.39 bits per heavy atom. The van der Waals surface area contributed by atoms with E-state index in [0.29, 0.717) is 38.0 Å². The van der Waals surface area contributed by atoms with Gasteiger partial charge in [0.1, 0.15) is 5.82 Å². The van der Waals surface area contributed by atoms with Crippen LogP contribution in [-0.2, 0) is 11.3 Å². The van der Waals surface area contributed by atoms with Crippen molar-refractivity contribution < 1.29 is 9.13 Å². The summed E-state index contributed by atoms with van der Waals surface area (Å²) in [5.41, 5.74) is 1.44. The fourth-order valence-corrected chi connectivity index (χ4v) is 2.36. The average Bonchev–Trinajstić information content (AvgIpc) is 2.58. The molecule has 2 rings (SSSR count). The Morgan fingerprint density at radius 2 is 2.17 bits per heavy atom. The second kappa shape index (κ2) is 9.01. The summed E-state index contributed by atoms with van der Waals surface area (Å²) in [5.74, 6) is 2.91. The molecule has 1 aliphatic rings. The van der Waals surface area contributed by atoms with E-state index in [1.54, 1.807) is 6.07 Å². The number of terminal acetylenes is 1. The van der Waals surface area contributed by atoms with Crippen LogP contribution in [0, 0.1) is 18.2 Å². The van der Waals surface area contributed by atoms with Crippen molar-refractivity contribution >= 4 is 11.6 Å². The molecule has 1 heterocycles. The molecule has 2 N–H and O–H groups in total. The number of guanidine groups is 1. The van der Waals surface area contributed by atoms with Gasteiger partial charge in [-0.1, -0.05) is 12.0 Å². The van der Waals surface area contributed by atoms with Crippen LogP contribution in [0.2, 0.25) is 0 Å². The summed E-state index contributed by atoms with van der Waals surface area (Å²) in [4.78, 5) is 6.41. The average molecular weight is 318 g/mol. The number of hydrogen-bond acceptors (Lipinski definition) is 3. The van der Waals surface area contributed by atoms with E-state index >= 15 is 0 Å². The van der Waals surface area contributed by atoms with Crippen LogP contribution in [-0.4, -0.2) is 45.4 Å². The first kappa shape index (κ1) is 17.1. The zero-order chi connectivity index (χ0) is 16.5. The van der Waals surface area contributed by atoms with Crippen molar-refractivity contribution in [2.75, 3.05) is 44.3 Å². The van der Waals surface area contributed by atoms with Crippen molar-refractivity contribution in [3.05, 3.63) is 29.6 Å². The molecule has 6 heteroatoms. The molecule has 0 bridgehead atoms. The predicted molar refractivity (Wildman–Crippen MR) is 91.1 cm³/mol. The van der Waals surface area contributed by atoms with Gasteiger partial charge in [-0.2, -0.15) is 0 Å². The van der Waals surface area contributed by atoms with E-state index < -0.39 is 0 Å². The molecular formula is C17H23FN4O. The van der Waals surface area contributed by atoms with E-state index in [2.05, 4.69) is 21.5 Å². The largest absolute Gasteiger partial charge is 0.378 e. The number of rotatable bonds is 5. The number of aliphatic imine (C=N–C) groups is 1. The molecule has 0 amide bonds. The summed E-state index contributed by atoms with van der Waals surface area (Å²) < 4.78 is 19.6. The molecule has 0 unspecified atom stereocenters. The van der Waals surface area contributed by atoms with E-state index in [-0.39, 0.29) is 5.82 Å². The lowest BCUT2D eigenvalue weighted by molar-refractivity contribution is 0.122. The van der Waals surface area contributed by atoms with Crippen LogP contribution in [0.5, 0.6) is 0 Å². The third kappa shape index (κ3) is 5.15. The predicted octanol–water partition coefficient (Wildman–Crippen LogP) is 1.35. The first-order valence-corrected chi connectivity index (χ1v) is 7.81. The molecule has 5 nitrogen and oxygen atoms in total. The Labute approximate surface area is 136 Å². The monoisotopic (exact) mass is 318 g/mol. The minimum absolute atomic E-state index is 0.221. The molecule has 124 valence electrons. The van der Waals surface area contributed by atoms with E-state index in [9.17, 15) is 4.39 Å². The first-order chi connectivity index (χ1) is 11.2. The van der Waals surface area contributed by atoms with Crippen molar-refractivity contribution in [2.45, 2.75) is 13.5 Å². The van der Waals surface area contributed by atoms with Gasteiger partial charge in [0.25, 0.3) is 0 Å². The van der Waals surface area contributed by atoms with Crippen molar-refractivity contribution in [1.29, 1.82) is 0 Å². The summed E-state index contributed by atoms with van der Waals surface area (Å²) in [6.45, 7) is 6.21. The zero-order valence-corrected chi connectivity index (χ0v) is 13.4. The third-order valence-electron chi connectivity index (χ3n) is 3.49. The minimum Gasteiger partial charge on any atom is -0.378 e. The van der Waals surface area contributed by atoms with Gasteiger partial charge in [0.05, 0.1) is 32.0 Å². The topological polar surface area (TPSA) is 48.9 Å². The molecule has 1 aromatic carbocycles. The molecule has 0 atom stereocenters. The van der Waals surface area contributed by atoms with Crippen molar-refractivity contribution in [1.82, 2.24) is 10.6 Å². The minimum atomic E-state index is -0.221. The quantitative estimate of drug-likeness (QED) is 0.489. The summed E-state index contributed by atoms with van der Waals surface area (Å²) in [6, 6.07) is 5.26. The Morgan fingerprint density at radius 3 is 2.83 bits per heavy atom. The van der Waals surface area contributed by atoms with Crippen LogP contribution in [0.15, 0.2) is 23.2 Å². The second-order valence-electron chi connectivity index (χ2n) is 5.14. The van der Waals surface area contributed by atoms with Crippen LogP contribution >= 0.6 is 0 Å². The maximum atomic E-state index is 14.3. The van der Waals surface area contributed by atoms with Gasteiger partial charge >= 0.3 is 0 Å². The molecule has 1 fully saturated rings. The Hall–Kier alpha value is -2.26. The van der Waals surface area contributed by atoms with Gasteiger partial charge in [-0.15, -0.1) is 6.42 Å². The zero-order valence-electron chi connectivity index (χ0n) is 13.4. The highest BCUT2D eigenvalue weighted by molar-refractivity contribution is 5.80. The summed E-state index contributed by atoms with van der Waals surface area (Å²) in [7, 11) is 0. The first-order valence-electron chi connectivity index (χ1n) is 7.81. The van der Waals surface area contributed by atoms with Gasteiger partial charge < -0.3 is 20.3 Å². The van der Waals surface area contributed by atoms with Gasteiger partial charge in [0.2, 0.25) is 0 Å². The Balaban J connectivity index is 2.02. The van der Waals surface area contributed by atoms with Gasteiger partial charge in [0, 0.05) is 19.6 Å². The number of nitrogens with one attached hydrogen (secondary N) is 2. The van der Waals surface area contributed by atoms with E-state index in [0.717, 1.165) is 25.2 Å². The van der Waals surface area contributed by atoms with Gasteiger partial charge in [-0.05, 0) is 24.6 Å². The van der Waals surface area contributed by atoms with Gasteiger partial charge in [-0.3, -0.25) is 0 Å². The number of benzene rings is 1. The molecule has 1 aromatic rings. The molecule has 1 aliphatic heterocycles. The third-order valence-corrected chi connectivity index (χ3v) is 3.49. The van der Waals surface area contributed by atoms with E-state index in [1.165, 1.54) is 0 Å². The number of anilines is 1. The fraction of sp³-hybridized carbons (Fsp3) is 0.471. The van der Waals surface area contributed by atoms with Crippen LogP contribution < -0.4 is 15.5 Å². The van der Waals surface area contributed by atoms with Crippen LogP contribution in [0.1, 0.15) is 12.5 Å². The Kier molecular flexibility index (Phi) is 6.70. The lowest BCUT2D eigenvalue weighted by Crippen LogP contribution is -2.37. The standard InChI is InChI=1S/C17H23FN4O/c1-3-7-20-17(19-4-2)21-13-14-5-6-16(15(18)12-14)22-8-10-23-11-9-22/h1,5-6,12H,4,7-11,13H2,2H3,(H2,19,20,21). The lowest BCUT2D eigenvalue weighted by atomic mass is 10.1. The Bertz CT molecular complexity index is 576. The lowest BCUT2D eigenvalue weighted by Gasteiger charge is -2.29. The highest BCUT2D eigenvalue weighted by Crippen LogP contribution is 2.21. The molecule has 23 heavy (non-hydrogen) atoms. The second-order valence-corrected chi connectivity index (χ2v) is 5.14. The van der Waals surface area contributed by atoms with Crippen LogP contribution in [0.3, 0.4) is 0 Å². The van der Waals surface area contributed by atoms with Crippen molar-refractivity contribution in [3.8, 4) is 12.3 Å². The molecule has 0 radical (unpaired) electrons. The van der Waals surface area contributed by atoms with Crippen molar-refractivity contribution in [2.24, 2.45) is 4.99 Å².